The molecule has 0 aliphatic heterocycles. The number of hydrogen-bond donors (Lipinski definition) is 0. The lowest BCUT2D eigenvalue weighted by Crippen LogP contribution is -2.24. The van der Waals surface area contributed by atoms with Gasteiger partial charge in [-0.2, -0.15) is 0 Å². The van der Waals surface area contributed by atoms with E-state index < -0.39 is 5.60 Å². The number of ether oxygens (including phenoxy) is 2. The highest BCUT2D eigenvalue weighted by atomic mass is 16.6. The van der Waals surface area contributed by atoms with Crippen LogP contribution in [0.25, 0.3) is 0 Å². The first-order valence-electron chi connectivity index (χ1n) is 7.73. The Morgan fingerprint density at radius 2 is 1.33 bits per heavy atom. The molecule has 0 aliphatic rings. The van der Waals surface area contributed by atoms with E-state index in [1.165, 1.54) is 0 Å². The minimum absolute atomic E-state index is 0.0675. The number of nitrogens with zero attached hydrogens (tertiary/aromatic N) is 1. The van der Waals surface area contributed by atoms with Crippen LogP contribution < -0.4 is 0 Å². The molecule has 0 unspecified atom stereocenters. The Labute approximate surface area is 131 Å². The van der Waals surface area contributed by atoms with Gasteiger partial charge in [0.1, 0.15) is 12.2 Å². The Hall–Kier alpha value is -1.10. The summed E-state index contributed by atoms with van der Waals surface area (Å²) in [4.78, 5) is 24.5. The van der Waals surface area contributed by atoms with Crippen LogP contribution in [0.1, 0.15) is 61.3 Å². The van der Waals surface area contributed by atoms with Crippen LogP contribution in [-0.2, 0) is 19.1 Å². The summed E-state index contributed by atoms with van der Waals surface area (Å²) < 4.78 is 10.0. The number of esters is 2. The van der Waals surface area contributed by atoms with E-state index in [-0.39, 0.29) is 24.8 Å². The van der Waals surface area contributed by atoms with Gasteiger partial charge in [-0.05, 0) is 34.9 Å². The SMILES string of the molecule is CC.CC.CN(C)CCOC(=O)CCC(=O)OC(C)(C)C. The van der Waals surface area contributed by atoms with Crippen LogP contribution >= 0.6 is 0 Å². The molecule has 0 saturated heterocycles. The maximum atomic E-state index is 11.3. The standard InChI is InChI=1S/C12H23NO4.2C2H6/c1-12(2,3)17-11(15)7-6-10(14)16-9-8-13(4)5;2*1-2/h6-9H2,1-5H3;2*1-2H3. The first kappa shape index (κ1) is 24.9. The first-order valence-corrected chi connectivity index (χ1v) is 7.73. The molecule has 0 aromatic heterocycles. The highest BCUT2D eigenvalue weighted by Gasteiger charge is 2.17. The van der Waals surface area contributed by atoms with E-state index in [1.807, 2.05) is 46.7 Å². The second kappa shape index (κ2) is 15.3. The average Bonchev–Trinajstić information content (AvgIpc) is 2.39. The summed E-state index contributed by atoms with van der Waals surface area (Å²) in [5.74, 6) is -0.736. The van der Waals surface area contributed by atoms with E-state index in [0.717, 1.165) is 0 Å². The Kier molecular flexibility index (Phi) is 18.1. The quantitative estimate of drug-likeness (QED) is 0.705. The molecule has 5 nitrogen and oxygen atoms in total. The van der Waals surface area contributed by atoms with Gasteiger partial charge in [-0.25, -0.2) is 0 Å². The van der Waals surface area contributed by atoms with Gasteiger partial charge in [0, 0.05) is 6.54 Å². The van der Waals surface area contributed by atoms with Crippen molar-refractivity contribution >= 4 is 11.9 Å². The number of hydrogen-bond acceptors (Lipinski definition) is 5. The van der Waals surface area contributed by atoms with E-state index in [0.29, 0.717) is 13.2 Å². The summed E-state index contributed by atoms with van der Waals surface area (Å²) in [7, 11) is 3.79. The van der Waals surface area contributed by atoms with Crippen LogP contribution in [0.15, 0.2) is 0 Å². The topological polar surface area (TPSA) is 55.8 Å². The Morgan fingerprint density at radius 1 is 0.905 bits per heavy atom. The second-order valence-corrected chi connectivity index (χ2v) is 5.11. The zero-order valence-electron chi connectivity index (χ0n) is 15.4. The van der Waals surface area contributed by atoms with Crippen LogP contribution in [0.4, 0.5) is 0 Å². The molecule has 0 rings (SSSR count). The van der Waals surface area contributed by atoms with Gasteiger partial charge in [0.2, 0.25) is 0 Å². The minimum Gasteiger partial charge on any atom is -0.464 e. The molecular formula is C16H35NO4. The lowest BCUT2D eigenvalue weighted by atomic mass is 10.2. The predicted octanol–water partition coefficient (Wildman–Crippen LogP) is 3.27. The number of carbonyl (C=O) groups excluding carboxylic acids is 2. The van der Waals surface area contributed by atoms with Crippen molar-refractivity contribution in [1.82, 2.24) is 4.90 Å². The average molecular weight is 305 g/mol. The molecule has 5 heteroatoms. The van der Waals surface area contributed by atoms with Crippen LogP contribution in [0, 0.1) is 0 Å². The summed E-state index contributed by atoms with van der Waals surface area (Å²) in [6.07, 6.45) is 0.139. The molecule has 0 aliphatic carbocycles. The van der Waals surface area contributed by atoms with Gasteiger partial charge < -0.3 is 14.4 Å². The largest absolute Gasteiger partial charge is 0.464 e. The predicted molar refractivity (Wildman–Crippen MR) is 87.3 cm³/mol. The van der Waals surface area contributed by atoms with Crippen molar-refractivity contribution in [2.45, 2.75) is 66.9 Å². The normalized spacial score (nSPS) is 9.81. The Balaban J connectivity index is -0.000000739. The van der Waals surface area contributed by atoms with Crippen LogP contribution in [0.5, 0.6) is 0 Å². The van der Waals surface area contributed by atoms with Crippen molar-refractivity contribution in [3.8, 4) is 0 Å². The third kappa shape index (κ3) is 24.3. The second-order valence-electron chi connectivity index (χ2n) is 5.11. The molecule has 0 atom stereocenters. The first-order chi connectivity index (χ1) is 9.70. The van der Waals surface area contributed by atoms with Crippen molar-refractivity contribution in [3.05, 3.63) is 0 Å². The van der Waals surface area contributed by atoms with Gasteiger partial charge in [-0.3, -0.25) is 9.59 Å². The molecule has 0 aromatic rings. The molecule has 0 bridgehead atoms. The number of carbonyl (C=O) groups is 2. The number of rotatable bonds is 6. The molecular weight excluding hydrogens is 270 g/mol. The molecule has 0 spiro atoms. The molecule has 0 amide bonds. The van der Waals surface area contributed by atoms with Crippen molar-refractivity contribution in [2.75, 3.05) is 27.2 Å². The fourth-order valence-corrected chi connectivity index (χ4v) is 1.01. The van der Waals surface area contributed by atoms with E-state index in [2.05, 4.69) is 0 Å². The maximum absolute atomic E-state index is 11.3. The highest BCUT2D eigenvalue weighted by molar-refractivity contribution is 5.77. The Bertz CT molecular complexity index is 257. The van der Waals surface area contributed by atoms with E-state index >= 15 is 0 Å². The van der Waals surface area contributed by atoms with Crippen LogP contribution in [0.3, 0.4) is 0 Å². The molecule has 0 N–H and O–H groups in total. The van der Waals surface area contributed by atoms with Crippen molar-refractivity contribution in [2.24, 2.45) is 0 Å². The molecule has 0 saturated carbocycles. The van der Waals surface area contributed by atoms with Crippen LogP contribution in [0.2, 0.25) is 0 Å². The summed E-state index contributed by atoms with van der Waals surface area (Å²) in [5, 5.41) is 0. The zero-order chi connectivity index (χ0) is 17.5. The van der Waals surface area contributed by atoms with Crippen molar-refractivity contribution < 1.29 is 19.1 Å². The minimum atomic E-state index is -0.508. The van der Waals surface area contributed by atoms with E-state index in [4.69, 9.17) is 9.47 Å². The molecule has 0 radical (unpaired) electrons. The number of likely N-dealkylation sites (N-methyl/N-ethyl adjacent to an activating group) is 1. The van der Waals surface area contributed by atoms with Gasteiger partial charge >= 0.3 is 11.9 Å². The summed E-state index contributed by atoms with van der Waals surface area (Å²) in [6, 6.07) is 0. The highest BCUT2D eigenvalue weighted by Crippen LogP contribution is 2.09. The molecule has 0 fully saturated rings. The van der Waals surface area contributed by atoms with E-state index in [9.17, 15) is 9.59 Å². The third-order valence-electron chi connectivity index (χ3n) is 1.75. The van der Waals surface area contributed by atoms with E-state index in [1.54, 1.807) is 20.8 Å². The maximum Gasteiger partial charge on any atom is 0.306 e. The van der Waals surface area contributed by atoms with Gasteiger partial charge in [-0.1, -0.05) is 27.7 Å². The van der Waals surface area contributed by atoms with Gasteiger partial charge in [-0.15, -0.1) is 0 Å². The van der Waals surface area contributed by atoms with Gasteiger partial charge in [0.05, 0.1) is 12.8 Å². The summed E-state index contributed by atoms with van der Waals surface area (Å²) >= 11 is 0. The zero-order valence-corrected chi connectivity index (χ0v) is 15.4. The van der Waals surface area contributed by atoms with Gasteiger partial charge in [0.15, 0.2) is 0 Å². The fraction of sp³-hybridized carbons (Fsp3) is 0.875. The fourth-order valence-electron chi connectivity index (χ4n) is 1.01. The third-order valence-corrected chi connectivity index (χ3v) is 1.75. The molecule has 0 aromatic carbocycles. The Morgan fingerprint density at radius 3 is 1.71 bits per heavy atom. The smallest absolute Gasteiger partial charge is 0.306 e. The monoisotopic (exact) mass is 305 g/mol. The lowest BCUT2D eigenvalue weighted by Gasteiger charge is -2.19. The lowest BCUT2D eigenvalue weighted by molar-refractivity contribution is -0.158. The molecule has 128 valence electrons. The molecule has 21 heavy (non-hydrogen) atoms. The summed E-state index contributed by atoms with van der Waals surface area (Å²) in [5.41, 5.74) is -0.508. The van der Waals surface area contributed by atoms with Crippen LogP contribution in [-0.4, -0.2) is 49.7 Å². The van der Waals surface area contributed by atoms with Crippen molar-refractivity contribution in [3.63, 3.8) is 0 Å². The molecule has 0 heterocycles. The van der Waals surface area contributed by atoms with Gasteiger partial charge in [0.25, 0.3) is 0 Å². The van der Waals surface area contributed by atoms with Crippen molar-refractivity contribution in [1.29, 1.82) is 0 Å². The summed E-state index contributed by atoms with van der Waals surface area (Å²) in [6.45, 7) is 14.4.